The fourth-order valence-electron chi connectivity index (χ4n) is 3.07. The number of hydrogen-bond donors (Lipinski definition) is 1. The average molecular weight is 421 g/mol. The van der Waals surface area contributed by atoms with Crippen LogP contribution in [-0.2, 0) is 0 Å². The molecular formula is C19H15N7O5. The van der Waals surface area contributed by atoms with Gasteiger partial charge in [0.25, 0.3) is 11.6 Å². The Balaban J connectivity index is 1.79. The van der Waals surface area contributed by atoms with Crippen molar-refractivity contribution in [3.05, 3.63) is 64.2 Å². The molecular weight excluding hydrogens is 406 g/mol. The summed E-state index contributed by atoms with van der Waals surface area (Å²) < 4.78 is 0.982. The number of aromatic hydroxyl groups is 1. The van der Waals surface area contributed by atoms with Gasteiger partial charge in [0.05, 0.1) is 16.2 Å². The molecule has 0 saturated carbocycles. The van der Waals surface area contributed by atoms with Crippen molar-refractivity contribution < 1.29 is 19.6 Å². The Morgan fingerprint density at radius 1 is 1.06 bits per heavy atom. The Kier molecular flexibility index (Phi) is 4.66. The van der Waals surface area contributed by atoms with Crippen LogP contribution in [0.5, 0.6) is 5.75 Å². The van der Waals surface area contributed by atoms with Gasteiger partial charge >= 0.3 is 6.03 Å². The molecule has 31 heavy (non-hydrogen) atoms. The molecule has 0 saturated heterocycles. The van der Waals surface area contributed by atoms with Crippen molar-refractivity contribution in [2.45, 2.75) is 0 Å². The molecule has 0 spiro atoms. The highest BCUT2D eigenvalue weighted by molar-refractivity contribution is 6.13. The lowest BCUT2D eigenvalue weighted by Gasteiger charge is -2.26. The number of para-hydroxylation sites is 1. The molecule has 1 aromatic heterocycles. The Hall–Kier alpha value is -4.61. The molecule has 0 unspecified atom stereocenters. The molecule has 0 fully saturated rings. The van der Waals surface area contributed by atoms with E-state index in [0.717, 1.165) is 4.68 Å². The summed E-state index contributed by atoms with van der Waals surface area (Å²) in [6.45, 7) is 0. The van der Waals surface area contributed by atoms with Crippen molar-refractivity contribution in [3.8, 4) is 5.75 Å². The number of nitro groups is 1. The molecule has 156 valence electrons. The highest BCUT2D eigenvalue weighted by Gasteiger charge is 2.38. The van der Waals surface area contributed by atoms with E-state index in [4.69, 9.17) is 0 Å². The number of azo groups is 1. The Morgan fingerprint density at radius 2 is 1.74 bits per heavy atom. The third-order valence-electron chi connectivity index (χ3n) is 4.68. The van der Waals surface area contributed by atoms with Gasteiger partial charge < -0.3 is 5.11 Å². The van der Waals surface area contributed by atoms with E-state index in [1.165, 1.54) is 60.3 Å². The van der Waals surface area contributed by atoms with E-state index < -0.39 is 16.9 Å². The van der Waals surface area contributed by atoms with Gasteiger partial charge in [0, 0.05) is 26.2 Å². The summed E-state index contributed by atoms with van der Waals surface area (Å²) in [7, 11) is 2.93. The van der Waals surface area contributed by atoms with E-state index in [-0.39, 0.29) is 34.3 Å². The lowest BCUT2D eigenvalue weighted by atomic mass is 10.2. The molecule has 4 rings (SSSR count). The van der Waals surface area contributed by atoms with Crippen LogP contribution in [-0.4, -0.2) is 45.8 Å². The summed E-state index contributed by atoms with van der Waals surface area (Å²) in [6.07, 6.45) is 0. The Bertz CT molecular complexity index is 1250. The number of rotatable bonds is 4. The minimum absolute atomic E-state index is 0.00191. The van der Waals surface area contributed by atoms with Gasteiger partial charge in [0.1, 0.15) is 5.75 Å². The number of anilines is 2. The minimum atomic E-state index is -0.652. The molecule has 3 aromatic rings. The van der Waals surface area contributed by atoms with Gasteiger partial charge in [-0.1, -0.05) is 12.1 Å². The highest BCUT2D eigenvalue weighted by atomic mass is 16.6. The number of benzene rings is 2. The lowest BCUT2D eigenvalue weighted by Crippen LogP contribution is -2.41. The highest BCUT2D eigenvalue weighted by Crippen LogP contribution is 2.43. The predicted octanol–water partition coefficient (Wildman–Crippen LogP) is 3.61. The molecule has 12 nitrogen and oxygen atoms in total. The summed E-state index contributed by atoms with van der Waals surface area (Å²) in [5, 5.41) is 33.2. The molecule has 1 N–H and O–H groups in total. The third-order valence-corrected chi connectivity index (χ3v) is 4.68. The monoisotopic (exact) mass is 421 g/mol. The topological polar surface area (TPSA) is 147 Å². The predicted molar refractivity (Wildman–Crippen MR) is 110 cm³/mol. The van der Waals surface area contributed by atoms with Gasteiger partial charge in [0.2, 0.25) is 0 Å². The van der Waals surface area contributed by atoms with Crippen LogP contribution in [0.15, 0.2) is 58.8 Å². The van der Waals surface area contributed by atoms with E-state index >= 15 is 0 Å². The van der Waals surface area contributed by atoms with E-state index in [1.807, 2.05) is 0 Å². The van der Waals surface area contributed by atoms with E-state index in [2.05, 4.69) is 15.3 Å². The van der Waals surface area contributed by atoms with Crippen LogP contribution in [0.25, 0.3) is 0 Å². The van der Waals surface area contributed by atoms with E-state index in [0.29, 0.717) is 5.69 Å². The SMILES string of the molecule is CN1C(=O)N(C)c2c(N=Nc3ccc([N+](=O)[O-])cc3)c1nn2C(=O)c1ccccc1O. The van der Waals surface area contributed by atoms with Crippen LogP contribution in [0.2, 0.25) is 0 Å². The minimum Gasteiger partial charge on any atom is -0.507 e. The van der Waals surface area contributed by atoms with Gasteiger partial charge in [0.15, 0.2) is 17.3 Å². The van der Waals surface area contributed by atoms with Crippen LogP contribution < -0.4 is 9.80 Å². The summed E-state index contributed by atoms with van der Waals surface area (Å²) in [4.78, 5) is 38.2. The number of urea groups is 1. The van der Waals surface area contributed by atoms with Crippen molar-refractivity contribution in [2.75, 3.05) is 23.9 Å². The number of amides is 2. The normalized spacial score (nSPS) is 13.2. The molecule has 2 aromatic carbocycles. The lowest BCUT2D eigenvalue weighted by molar-refractivity contribution is -0.384. The van der Waals surface area contributed by atoms with Crippen LogP contribution in [0.4, 0.5) is 33.5 Å². The van der Waals surface area contributed by atoms with Crippen molar-refractivity contribution in [1.29, 1.82) is 0 Å². The molecule has 0 radical (unpaired) electrons. The molecule has 12 heteroatoms. The first kappa shape index (κ1) is 19.7. The number of fused-ring (bicyclic) bond motifs is 2. The number of non-ortho nitro benzene ring substituents is 1. The second-order valence-electron chi connectivity index (χ2n) is 6.60. The molecule has 0 atom stereocenters. The number of carbonyl (C=O) groups is 2. The van der Waals surface area contributed by atoms with E-state index in [9.17, 15) is 24.8 Å². The van der Waals surface area contributed by atoms with Crippen molar-refractivity contribution in [1.82, 2.24) is 9.78 Å². The number of nitrogens with zero attached hydrogens (tertiary/aromatic N) is 7. The van der Waals surface area contributed by atoms with E-state index in [1.54, 1.807) is 12.1 Å². The van der Waals surface area contributed by atoms with Crippen LogP contribution >= 0.6 is 0 Å². The second-order valence-corrected chi connectivity index (χ2v) is 6.60. The number of phenols is 1. The smallest absolute Gasteiger partial charge is 0.330 e. The fourth-order valence-corrected chi connectivity index (χ4v) is 3.07. The summed E-state index contributed by atoms with van der Waals surface area (Å²) in [5.74, 6) is -0.697. The van der Waals surface area contributed by atoms with Crippen LogP contribution in [0.1, 0.15) is 10.4 Å². The molecule has 0 aliphatic carbocycles. The second kappa shape index (κ2) is 7.33. The van der Waals surface area contributed by atoms with Gasteiger partial charge in [-0.15, -0.1) is 10.2 Å². The molecule has 2 amide bonds. The van der Waals surface area contributed by atoms with Gasteiger partial charge in [-0.25, -0.2) is 4.79 Å². The first-order chi connectivity index (χ1) is 14.8. The number of phenolic OH excluding ortho intramolecular Hbond substituents is 1. The van der Waals surface area contributed by atoms with Crippen molar-refractivity contribution in [3.63, 3.8) is 0 Å². The Labute approximate surface area is 174 Å². The first-order valence-electron chi connectivity index (χ1n) is 8.93. The van der Waals surface area contributed by atoms with Gasteiger partial charge in [-0.05, 0) is 24.3 Å². The van der Waals surface area contributed by atoms with Crippen LogP contribution in [0.3, 0.4) is 0 Å². The largest absolute Gasteiger partial charge is 0.507 e. The van der Waals surface area contributed by atoms with Gasteiger partial charge in [-0.2, -0.15) is 9.80 Å². The maximum absolute atomic E-state index is 13.0. The quantitative estimate of drug-likeness (QED) is 0.387. The zero-order valence-corrected chi connectivity index (χ0v) is 16.3. The fraction of sp³-hybridized carbons (Fsp3) is 0.105. The number of hydrogen-bond acceptors (Lipinski definition) is 8. The molecule has 1 aliphatic rings. The summed E-state index contributed by atoms with van der Waals surface area (Å²) >= 11 is 0. The third kappa shape index (κ3) is 3.25. The summed E-state index contributed by atoms with van der Waals surface area (Å²) in [6, 6.07) is 10.9. The van der Waals surface area contributed by atoms with Gasteiger partial charge in [-0.3, -0.25) is 24.7 Å². The maximum Gasteiger partial charge on any atom is 0.330 e. The number of carbonyl (C=O) groups excluding carboxylic acids is 2. The van der Waals surface area contributed by atoms with Crippen molar-refractivity contribution >= 4 is 40.6 Å². The number of nitro benzene ring substituents is 1. The van der Waals surface area contributed by atoms with Crippen molar-refractivity contribution in [2.24, 2.45) is 10.2 Å². The molecule has 2 bridgehead atoms. The average Bonchev–Trinajstić information content (AvgIpc) is 3.11. The Morgan fingerprint density at radius 3 is 2.39 bits per heavy atom. The molecule has 2 heterocycles. The summed E-state index contributed by atoms with van der Waals surface area (Å²) in [5.41, 5.74) is 0.404. The zero-order chi connectivity index (χ0) is 22.3. The standard InChI is InChI=1S/C19H15N7O5/c1-23-16-15(21-20-11-7-9-12(10-8-11)26(30)31)17(24(2)19(23)29)25(22-16)18(28)13-5-3-4-6-14(13)27/h3-10,27H,1-2H3. The number of aromatic nitrogens is 2. The maximum atomic E-state index is 13.0. The van der Waals surface area contributed by atoms with Crippen LogP contribution in [0, 0.1) is 10.1 Å². The molecule has 1 aliphatic heterocycles. The first-order valence-corrected chi connectivity index (χ1v) is 8.93. The zero-order valence-electron chi connectivity index (χ0n) is 16.3.